The van der Waals surface area contributed by atoms with E-state index in [1.165, 1.54) is 29.5 Å². The third-order valence-corrected chi connectivity index (χ3v) is 6.50. The van der Waals surface area contributed by atoms with Crippen LogP contribution in [0, 0.1) is 0 Å². The summed E-state index contributed by atoms with van der Waals surface area (Å²) in [6.45, 7) is 3.68. The van der Waals surface area contributed by atoms with Crippen molar-refractivity contribution < 1.29 is 17.9 Å². The normalized spacial score (nSPS) is 11.5. The molecular weight excluding hydrogens is 446 g/mol. The number of thiazole rings is 1. The van der Waals surface area contributed by atoms with Gasteiger partial charge in [-0.15, -0.1) is 11.3 Å². The standard InChI is InChI=1S/C20H20ClN3O4S2/c1-13(2)24-30(26,27)15-7-8-17(21)16(9-15)20(25)23-18-5-3-4-6-19(18)28-10-14-11-29-12-22-14/h3-9,11-13,24H,10H2,1-2H3,(H,23,25). The quantitative estimate of drug-likeness (QED) is 0.516. The van der Waals surface area contributed by atoms with Gasteiger partial charge in [0.1, 0.15) is 12.4 Å². The smallest absolute Gasteiger partial charge is 0.257 e. The Balaban J connectivity index is 1.82. The van der Waals surface area contributed by atoms with E-state index in [0.29, 0.717) is 11.4 Å². The van der Waals surface area contributed by atoms with Crippen LogP contribution in [-0.2, 0) is 16.6 Å². The van der Waals surface area contributed by atoms with E-state index in [1.807, 2.05) is 5.38 Å². The first-order valence-electron chi connectivity index (χ1n) is 8.98. The van der Waals surface area contributed by atoms with E-state index >= 15 is 0 Å². The van der Waals surface area contributed by atoms with Gasteiger partial charge in [-0.25, -0.2) is 18.1 Å². The molecule has 0 saturated carbocycles. The Morgan fingerprint density at radius 3 is 2.70 bits per heavy atom. The van der Waals surface area contributed by atoms with Crippen LogP contribution in [0.4, 0.5) is 5.69 Å². The summed E-state index contributed by atoms with van der Waals surface area (Å²) < 4.78 is 33.1. The summed E-state index contributed by atoms with van der Waals surface area (Å²) >= 11 is 7.63. The summed E-state index contributed by atoms with van der Waals surface area (Å²) in [5.74, 6) is -0.0912. The molecule has 0 radical (unpaired) electrons. The molecule has 0 aliphatic carbocycles. The zero-order chi connectivity index (χ0) is 21.7. The number of anilines is 1. The van der Waals surface area contributed by atoms with Gasteiger partial charge >= 0.3 is 0 Å². The van der Waals surface area contributed by atoms with Crippen LogP contribution in [0.2, 0.25) is 5.02 Å². The minimum Gasteiger partial charge on any atom is -0.485 e. The highest BCUT2D eigenvalue weighted by Crippen LogP contribution is 2.27. The molecule has 0 spiro atoms. The van der Waals surface area contributed by atoms with Gasteiger partial charge in [-0.3, -0.25) is 4.79 Å². The Bertz CT molecular complexity index is 1130. The number of hydrogen-bond acceptors (Lipinski definition) is 6. The van der Waals surface area contributed by atoms with Crippen LogP contribution in [0.3, 0.4) is 0 Å². The van der Waals surface area contributed by atoms with Crippen LogP contribution < -0.4 is 14.8 Å². The van der Waals surface area contributed by atoms with Gasteiger partial charge in [-0.05, 0) is 44.2 Å². The predicted octanol–water partition coefficient (Wildman–Crippen LogP) is 4.31. The summed E-state index contributed by atoms with van der Waals surface area (Å²) in [7, 11) is -3.77. The topological polar surface area (TPSA) is 97.4 Å². The van der Waals surface area contributed by atoms with E-state index in [1.54, 1.807) is 43.6 Å². The van der Waals surface area contributed by atoms with E-state index in [4.69, 9.17) is 16.3 Å². The molecule has 158 valence electrons. The Labute approximate surface area is 184 Å². The number of carbonyl (C=O) groups excluding carboxylic acids is 1. The third-order valence-electron chi connectivity index (χ3n) is 3.88. The molecule has 0 unspecified atom stereocenters. The number of sulfonamides is 1. The molecule has 0 bridgehead atoms. The predicted molar refractivity (Wildman–Crippen MR) is 118 cm³/mol. The van der Waals surface area contributed by atoms with E-state index < -0.39 is 15.9 Å². The van der Waals surface area contributed by atoms with Crippen LogP contribution in [0.1, 0.15) is 29.9 Å². The molecule has 1 amide bonds. The second-order valence-electron chi connectivity index (χ2n) is 6.64. The number of aromatic nitrogens is 1. The maximum absolute atomic E-state index is 12.8. The average molecular weight is 466 g/mol. The monoisotopic (exact) mass is 465 g/mol. The van der Waals surface area contributed by atoms with Crippen molar-refractivity contribution in [2.24, 2.45) is 0 Å². The van der Waals surface area contributed by atoms with Crippen LogP contribution in [-0.4, -0.2) is 25.4 Å². The number of nitrogens with one attached hydrogen (secondary N) is 2. The van der Waals surface area contributed by atoms with E-state index in [-0.39, 0.29) is 28.1 Å². The summed E-state index contributed by atoms with van der Waals surface area (Å²) in [5, 5.41) is 4.74. The zero-order valence-corrected chi connectivity index (χ0v) is 18.6. The first-order valence-corrected chi connectivity index (χ1v) is 11.8. The average Bonchev–Trinajstić information content (AvgIpc) is 3.20. The number of ether oxygens (including phenoxy) is 1. The molecule has 0 aliphatic rings. The van der Waals surface area contributed by atoms with Crippen molar-refractivity contribution in [3.8, 4) is 5.75 Å². The zero-order valence-electron chi connectivity index (χ0n) is 16.3. The van der Waals surface area contributed by atoms with Crippen LogP contribution in [0.15, 0.2) is 58.3 Å². The van der Waals surface area contributed by atoms with Gasteiger partial charge in [0.05, 0.1) is 32.4 Å². The number of benzene rings is 2. The lowest BCUT2D eigenvalue weighted by Gasteiger charge is -2.14. The maximum Gasteiger partial charge on any atom is 0.257 e. The maximum atomic E-state index is 12.8. The number of amides is 1. The Morgan fingerprint density at radius 2 is 2.00 bits per heavy atom. The van der Waals surface area contributed by atoms with Gasteiger partial charge in [0.25, 0.3) is 5.91 Å². The van der Waals surface area contributed by atoms with Crippen molar-refractivity contribution in [1.82, 2.24) is 9.71 Å². The summed E-state index contributed by atoms with van der Waals surface area (Å²) in [4.78, 5) is 17.0. The van der Waals surface area contributed by atoms with Crippen molar-refractivity contribution in [2.45, 2.75) is 31.4 Å². The van der Waals surface area contributed by atoms with Gasteiger partial charge in [0.2, 0.25) is 10.0 Å². The summed E-state index contributed by atoms with van der Waals surface area (Å²) in [6, 6.07) is 10.6. The van der Waals surface area contributed by atoms with Crippen LogP contribution in [0.25, 0.3) is 0 Å². The lowest BCUT2D eigenvalue weighted by Crippen LogP contribution is -2.30. The lowest BCUT2D eigenvalue weighted by molar-refractivity contribution is 0.102. The molecule has 0 atom stereocenters. The van der Waals surface area contributed by atoms with Crippen molar-refractivity contribution in [2.75, 3.05) is 5.32 Å². The van der Waals surface area contributed by atoms with Crippen molar-refractivity contribution in [3.05, 3.63) is 69.6 Å². The Morgan fingerprint density at radius 1 is 1.23 bits per heavy atom. The van der Waals surface area contributed by atoms with Gasteiger partial charge < -0.3 is 10.1 Å². The lowest BCUT2D eigenvalue weighted by atomic mass is 10.2. The summed E-state index contributed by atoms with van der Waals surface area (Å²) in [5.41, 5.74) is 2.96. The van der Waals surface area contributed by atoms with Gasteiger partial charge in [-0.1, -0.05) is 23.7 Å². The van der Waals surface area contributed by atoms with Crippen molar-refractivity contribution in [3.63, 3.8) is 0 Å². The molecule has 2 aromatic carbocycles. The second kappa shape index (κ2) is 9.57. The molecule has 0 aliphatic heterocycles. The molecular formula is C20H20ClN3O4S2. The molecule has 2 N–H and O–H groups in total. The molecule has 1 aromatic heterocycles. The molecule has 10 heteroatoms. The second-order valence-corrected chi connectivity index (χ2v) is 9.48. The fraction of sp³-hybridized carbons (Fsp3) is 0.200. The molecule has 3 aromatic rings. The fourth-order valence-electron chi connectivity index (χ4n) is 2.57. The molecule has 0 saturated heterocycles. The van der Waals surface area contributed by atoms with E-state index in [9.17, 15) is 13.2 Å². The third kappa shape index (κ3) is 5.57. The molecule has 7 nitrogen and oxygen atoms in total. The van der Waals surface area contributed by atoms with Crippen LogP contribution in [0.5, 0.6) is 5.75 Å². The summed E-state index contributed by atoms with van der Waals surface area (Å²) in [6.07, 6.45) is 0. The van der Waals surface area contributed by atoms with Gasteiger partial charge in [0, 0.05) is 11.4 Å². The number of hydrogen-bond donors (Lipinski definition) is 2. The largest absolute Gasteiger partial charge is 0.485 e. The first-order chi connectivity index (χ1) is 14.3. The van der Waals surface area contributed by atoms with E-state index in [0.717, 1.165) is 5.69 Å². The highest BCUT2D eigenvalue weighted by Gasteiger charge is 2.20. The fourth-order valence-corrected chi connectivity index (χ4v) is 4.59. The number of halogens is 1. The van der Waals surface area contributed by atoms with Gasteiger partial charge in [0.15, 0.2) is 0 Å². The highest BCUT2D eigenvalue weighted by molar-refractivity contribution is 7.89. The highest BCUT2D eigenvalue weighted by atomic mass is 35.5. The van der Waals surface area contributed by atoms with Crippen molar-refractivity contribution in [1.29, 1.82) is 0 Å². The Hall–Kier alpha value is -2.46. The number of nitrogens with zero attached hydrogens (tertiary/aromatic N) is 1. The minimum absolute atomic E-state index is 0.0394. The number of para-hydroxylation sites is 2. The SMILES string of the molecule is CC(C)NS(=O)(=O)c1ccc(Cl)c(C(=O)Nc2ccccc2OCc2cscn2)c1. The first kappa shape index (κ1) is 22.2. The number of carbonyl (C=O) groups is 1. The molecule has 3 rings (SSSR count). The van der Waals surface area contributed by atoms with E-state index in [2.05, 4.69) is 15.0 Å². The Kier molecular flexibility index (Phi) is 7.09. The number of rotatable bonds is 8. The molecule has 1 heterocycles. The van der Waals surface area contributed by atoms with Crippen LogP contribution >= 0.6 is 22.9 Å². The van der Waals surface area contributed by atoms with Crippen molar-refractivity contribution >= 4 is 44.6 Å². The minimum atomic E-state index is -3.77. The molecule has 0 fully saturated rings. The molecule has 30 heavy (non-hydrogen) atoms. The van der Waals surface area contributed by atoms with Gasteiger partial charge in [-0.2, -0.15) is 0 Å².